The minimum absolute atomic E-state index is 0.206. The lowest BCUT2D eigenvalue weighted by Gasteiger charge is -2.26. The molecular formula is C16H26O3. The molecule has 108 valence electrons. The van der Waals surface area contributed by atoms with E-state index in [9.17, 15) is 9.59 Å². The van der Waals surface area contributed by atoms with Gasteiger partial charge in [0.25, 0.3) is 0 Å². The van der Waals surface area contributed by atoms with Gasteiger partial charge in [0, 0.05) is 18.4 Å². The highest BCUT2D eigenvalue weighted by atomic mass is 16.5. The van der Waals surface area contributed by atoms with Crippen molar-refractivity contribution in [2.45, 2.75) is 52.9 Å². The summed E-state index contributed by atoms with van der Waals surface area (Å²) in [5.74, 6) is 1.52. The van der Waals surface area contributed by atoms with Crippen LogP contribution in [0, 0.1) is 17.8 Å². The second kappa shape index (κ2) is 7.46. The van der Waals surface area contributed by atoms with E-state index in [1.54, 1.807) is 0 Å². The lowest BCUT2D eigenvalue weighted by molar-refractivity contribution is -0.136. The van der Waals surface area contributed by atoms with Gasteiger partial charge in [0.1, 0.15) is 5.78 Å². The lowest BCUT2D eigenvalue weighted by Crippen LogP contribution is -2.20. The van der Waals surface area contributed by atoms with Crippen LogP contribution in [-0.2, 0) is 14.3 Å². The van der Waals surface area contributed by atoms with Crippen molar-refractivity contribution in [3.63, 3.8) is 0 Å². The van der Waals surface area contributed by atoms with E-state index in [2.05, 4.69) is 20.8 Å². The normalized spacial score (nSPS) is 20.9. The Kier molecular flexibility index (Phi) is 6.26. The van der Waals surface area contributed by atoms with Crippen LogP contribution in [0.25, 0.3) is 0 Å². The van der Waals surface area contributed by atoms with Crippen LogP contribution in [0.1, 0.15) is 52.9 Å². The largest absolute Gasteiger partial charge is 0.466 e. The Labute approximate surface area is 116 Å². The van der Waals surface area contributed by atoms with Gasteiger partial charge < -0.3 is 4.74 Å². The molecule has 2 unspecified atom stereocenters. The van der Waals surface area contributed by atoms with Crippen molar-refractivity contribution < 1.29 is 14.3 Å². The first-order valence-electron chi connectivity index (χ1n) is 7.23. The van der Waals surface area contributed by atoms with Crippen LogP contribution in [0.15, 0.2) is 11.6 Å². The smallest absolute Gasteiger partial charge is 0.333 e. The molecule has 19 heavy (non-hydrogen) atoms. The highest BCUT2D eigenvalue weighted by Gasteiger charge is 2.24. The molecule has 0 heterocycles. The average Bonchev–Trinajstić information content (AvgIpc) is 2.36. The quantitative estimate of drug-likeness (QED) is 0.691. The zero-order chi connectivity index (χ0) is 14.4. The zero-order valence-electron chi connectivity index (χ0n) is 12.6. The summed E-state index contributed by atoms with van der Waals surface area (Å²) >= 11 is 0. The van der Waals surface area contributed by atoms with E-state index >= 15 is 0 Å². The molecule has 0 saturated heterocycles. The lowest BCUT2D eigenvalue weighted by atomic mass is 9.79. The van der Waals surface area contributed by atoms with E-state index < -0.39 is 0 Å². The van der Waals surface area contributed by atoms with Gasteiger partial charge in [-0.1, -0.05) is 26.8 Å². The van der Waals surface area contributed by atoms with Crippen LogP contribution in [0.4, 0.5) is 0 Å². The van der Waals surface area contributed by atoms with Crippen molar-refractivity contribution in [1.29, 1.82) is 0 Å². The summed E-state index contributed by atoms with van der Waals surface area (Å²) in [6.45, 7) is 6.31. The van der Waals surface area contributed by atoms with Crippen molar-refractivity contribution in [3.05, 3.63) is 11.6 Å². The fraction of sp³-hybridized carbons (Fsp3) is 0.750. The highest BCUT2D eigenvalue weighted by molar-refractivity contribution is 5.88. The number of hydrogen-bond acceptors (Lipinski definition) is 3. The molecule has 2 atom stereocenters. The van der Waals surface area contributed by atoms with Crippen LogP contribution in [0.3, 0.4) is 0 Å². The molecule has 0 aromatic rings. The van der Waals surface area contributed by atoms with Gasteiger partial charge in [0.05, 0.1) is 7.11 Å². The molecule has 0 saturated carbocycles. The Hall–Kier alpha value is -1.12. The third-order valence-electron chi connectivity index (χ3n) is 3.89. The average molecular weight is 266 g/mol. The van der Waals surface area contributed by atoms with Gasteiger partial charge >= 0.3 is 5.97 Å². The molecule has 1 rings (SSSR count). The van der Waals surface area contributed by atoms with Crippen LogP contribution in [0.5, 0.6) is 0 Å². The fourth-order valence-corrected chi connectivity index (χ4v) is 2.75. The minimum Gasteiger partial charge on any atom is -0.466 e. The predicted molar refractivity (Wildman–Crippen MR) is 75.7 cm³/mol. The first-order valence-corrected chi connectivity index (χ1v) is 7.23. The topological polar surface area (TPSA) is 43.4 Å². The van der Waals surface area contributed by atoms with E-state index in [4.69, 9.17) is 4.74 Å². The van der Waals surface area contributed by atoms with Gasteiger partial charge in [-0.05, 0) is 37.0 Å². The number of hydrogen-bond donors (Lipinski definition) is 0. The number of rotatable bonds is 6. The second-order valence-electron chi connectivity index (χ2n) is 6.07. The number of allylic oxidation sites excluding steroid dienone is 1. The van der Waals surface area contributed by atoms with E-state index in [1.165, 1.54) is 7.11 Å². The number of esters is 1. The molecule has 0 spiro atoms. The van der Waals surface area contributed by atoms with E-state index in [0.29, 0.717) is 36.4 Å². The van der Waals surface area contributed by atoms with Gasteiger partial charge in [-0.25, -0.2) is 4.79 Å². The molecule has 0 fully saturated rings. The van der Waals surface area contributed by atoms with Crippen molar-refractivity contribution in [2.24, 2.45) is 17.8 Å². The monoisotopic (exact) mass is 266 g/mol. The minimum atomic E-state index is -0.206. The van der Waals surface area contributed by atoms with Crippen LogP contribution in [-0.4, -0.2) is 18.9 Å². The first kappa shape index (κ1) is 15.9. The molecule has 3 nitrogen and oxygen atoms in total. The highest BCUT2D eigenvalue weighted by Crippen LogP contribution is 2.31. The summed E-state index contributed by atoms with van der Waals surface area (Å²) in [6.07, 6.45) is 5.99. The summed E-state index contributed by atoms with van der Waals surface area (Å²) in [7, 11) is 1.42. The molecule has 0 radical (unpaired) electrons. The maximum Gasteiger partial charge on any atom is 0.333 e. The SMILES string of the molecule is COC(=O)C1=CCC(C(C)CC(=O)CC(C)C)CC1. The Morgan fingerprint density at radius 2 is 2.00 bits per heavy atom. The number of ether oxygens (including phenoxy) is 1. The van der Waals surface area contributed by atoms with Gasteiger partial charge in [-0.2, -0.15) is 0 Å². The number of ketones is 1. The van der Waals surface area contributed by atoms with Gasteiger partial charge in [-0.15, -0.1) is 0 Å². The predicted octanol–water partition coefficient (Wildman–Crippen LogP) is 3.53. The van der Waals surface area contributed by atoms with Crippen molar-refractivity contribution in [1.82, 2.24) is 0 Å². The Balaban J connectivity index is 2.44. The summed E-state index contributed by atoms with van der Waals surface area (Å²) in [5, 5.41) is 0. The first-order chi connectivity index (χ1) is 8.93. The summed E-state index contributed by atoms with van der Waals surface area (Å²) in [4.78, 5) is 23.2. The molecule has 0 amide bonds. The fourth-order valence-electron chi connectivity index (χ4n) is 2.75. The van der Waals surface area contributed by atoms with E-state index in [1.807, 2.05) is 6.08 Å². The molecule has 0 bridgehead atoms. The van der Waals surface area contributed by atoms with Crippen LogP contribution in [0.2, 0.25) is 0 Å². The Morgan fingerprint density at radius 3 is 2.47 bits per heavy atom. The van der Waals surface area contributed by atoms with Gasteiger partial charge in [-0.3, -0.25) is 4.79 Å². The van der Waals surface area contributed by atoms with Crippen molar-refractivity contribution in [2.75, 3.05) is 7.11 Å². The molecular weight excluding hydrogens is 240 g/mol. The summed E-state index contributed by atoms with van der Waals surface area (Å²) in [6, 6.07) is 0. The number of methoxy groups -OCH3 is 1. The standard InChI is InChI=1S/C16H26O3/c1-11(2)9-15(17)10-12(3)13-5-7-14(8-6-13)16(18)19-4/h7,11-13H,5-6,8-10H2,1-4H3. The number of carbonyl (C=O) groups excluding carboxylic acids is 2. The van der Waals surface area contributed by atoms with Crippen molar-refractivity contribution >= 4 is 11.8 Å². The maximum absolute atomic E-state index is 11.8. The molecule has 0 aromatic heterocycles. The third kappa shape index (κ3) is 5.17. The summed E-state index contributed by atoms with van der Waals surface area (Å²) in [5.41, 5.74) is 0.791. The van der Waals surface area contributed by atoms with Crippen LogP contribution >= 0.6 is 0 Å². The number of carbonyl (C=O) groups is 2. The van der Waals surface area contributed by atoms with Gasteiger partial charge in [0.15, 0.2) is 0 Å². The molecule has 0 N–H and O–H groups in total. The number of Topliss-reactive ketones (excluding diaryl/α,β-unsaturated/α-hetero) is 1. The van der Waals surface area contributed by atoms with E-state index in [0.717, 1.165) is 24.8 Å². The van der Waals surface area contributed by atoms with Gasteiger partial charge in [0.2, 0.25) is 0 Å². The summed E-state index contributed by atoms with van der Waals surface area (Å²) < 4.78 is 4.73. The third-order valence-corrected chi connectivity index (χ3v) is 3.89. The Morgan fingerprint density at radius 1 is 1.32 bits per heavy atom. The molecule has 3 heteroatoms. The molecule has 0 aromatic carbocycles. The van der Waals surface area contributed by atoms with Crippen molar-refractivity contribution in [3.8, 4) is 0 Å². The van der Waals surface area contributed by atoms with Crippen LogP contribution < -0.4 is 0 Å². The van der Waals surface area contributed by atoms with E-state index in [-0.39, 0.29) is 5.97 Å². The molecule has 1 aliphatic carbocycles. The molecule has 0 aliphatic heterocycles. The molecule has 1 aliphatic rings. The maximum atomic E-state index is 11.8. The second-order valence-corrected chi connectivity index (χ2v) is 6.07. The Bertz CT molecular complexity index is 355. The zero-order valence-corrected chi connectivity index (χ0v) is 12.6.